The minimum absolute atomic E-state index is 0.239. The lowest BCUT2D eigenvalue weighted by Crippen LogP contribution is -2.33. The number of rotatable bonds is 9. The number of thiophene rings is 1. The van der Waals surface area contributed by atoms with Gasteiger partial charge in [0.25, 0.3) is 0 Å². The maximum atomic E-state index is 12.2. The van der Waals surface area contributed by atoms with Crippen molar-refractivity contribution >= 4 is 38.4 Å². The van der Waals surface area contributed by atoms with Crippen LogP contribution < -0.4 is 10.1 Å². The van der Waals surface area contributed by atoms with E-state index in [1.54, 1.807) is 16.7 Å². The van der Waals surface area contributed by atoms with Gasteiger partial charge >= 0.3 is 0 Å². The molecule has 0 saturated heterocycles. The van der Waals surface area contributed by atoms with E-state index in [1.165, 1.54) is 11.3 Å². The molecule has 0 aliphatic heterocycles. The van der Waals surface area contributed by atoms with Crippen molar-refractivity contribution in [3.63, 3.8) is 0 Å². The zero-order chi connectivity index (χ0) is 19.1. The topological polar surface area (TPSA) is 85.4 Å². The largest absolute Gasteiger partial charge is 0.492 e. The molecule has 1 amide bonds. The van der Waals surface area contributed by atoms with Gasteiger partial charge in [-0.3, -0.25) is 4.79 Å². The van der Waals surface area contributed by atoms with E-state index in [1.807, 2.05) is 47.8 Å². The lowest BCUT2D eigenvalue weighted by Gasteiger charge is -2.08. The van der Waals surface area contributed by atoms with Crippen molar-refractivity contribution in [3.8, 4) is 15.6 Å². The Hall–Kier alpha value is -2.23. The van der Waals surface area contributed by atoms with Crippen LogP contribution in [0.25, 0.3) is 9.88 Å². The first kappa shape index (κ1) is 19.5. The van der Waals surface area contributed by atoms with Crippen molar-refractivity contribution in [2.75, 3.05) is 18.9 Å². The van der Waals surface area contributed by atoms with Crippen LogP contribution in [0.1, 0.15) is 5.69 Å². The van der Waals surface area contributed by atoms with Crippen LogP contribution in [0.5, 0.6) is 5.75 Å². The summed E-state index contributed by atoms with van der Waals surface area (Å²) in [5.41, 5.74) is 0.462. The highest BCUT2D eigenvalue weighted by atomic mass is 32.2. The van der Waals surface area contributed by atoms with E-state index in [0.29, 0.717) is 11.4 Å². The summed E-state index contributed by atoms with van der Waals surface area (Å²) >= 11 is 2.95. The van der Waals surface area contributed by atoms with Crippen LogP contribution in [-0.2, 0) is 20.4 Å². The number of hydrogen-bond acceptors (Lipinski definition) is 7. The monoisotopic (exact) mass is 422 g/mol. The summed E-state index contributed by atoms with van der Waals surface area (Å²) in [5, 5.41) is 7.02. The third kappa shape index (κ3) is 6.16. The molecule has 0 spiro atoms. The van der Waals surface area contributed by atoms with Crippen molar-refractivity contribution < 1.29 is 17.9 Å². The Kier molecular flexibility index (Phi) is 6.59. The van der Waals surface area contributed by atoms with Crippen LogP contribution >= 0.6 is 22.7 Å². The first-order valence-electron chi connectivity index (χ1n) is 8.15. The molecule has 142 valence electrons. The van der Waals surface area contributed by atoms with E-state index >= 15 is 0 Å². The predicted octanol–water partition coefficient (Wildman–Crippen LogP) is 2.98. The summed E-state index contributed by atoms with van der Waals surface area (Å²) in [6, 6.07) is 13.1. The third-order valence-electron chi connectivity index (χ3n) is 3.44. The Morgan fingerprint density at radius 2 is 1.93 bits per heavy atom. The Bertz CT molecular complexity index is 967. The SMILES string of the molecule is O=C(CS(=O)(=O)Cc1csc(-c2cccs2)n1)NCCOc1ccccc1. The number of benzene rings is 1. The second-order valence-corrected chi connectivity index (χ2v) is 9.54. The van der Waals surface area contributed by atoms with E-state index < -0.39 is 21.5 Å². The molecule has 3 rings (SSSR count). The standard InChI is InChI=1S/C18H18N2O4S3/c21-17(19-8-9-24-15-5-2-1-3-6-15)13-27(22,23)12-14-11-26-18(20-14)16-7-4-10-25-16/h1-7,10-11H,8-9,12-13H2,(H,19,21). The number of para-hydroxylation sites is 1. The highest BCUT2D eigenvalue weighted by Gasteiger charge is 2.19. The van der Waals surface area contributed by atoms with Crippen molar-refractivity contribution in [2.24, 2.45) is 0 Å². The van der Waals surface area contributed by atoms with Crippen LogP contribution in [-0.4, -0.2) is 38.2 Å². The van der Waals surface area contributed by atoms with Crippen molar-refractivity contribution in [3.05, 3.63) is 58.9 Å². The molecule has 0 fully saturated rings. The fourth-order valence-corrected chi connectivity index (χ4v) is 5.23. The molecule has 2 aromatic heterocycles. The van der Waals surface area contributed by atoms with Gasteiger partial charge in [0.05, 0.1) is 22.9 Å². The van der Waals surface area contributed by atoms with Crippen molar-refractivity contribution in [2.45, 2.75) is 5.75 Å². The average Bonchev–Trinajstić information content (AvgIpc) is 3.30. The molecule has 0 radical (unpaired) electrons. The number of thiazole rings is 1. The fraction of sp³-hybridized carbons (Fsp3) is 0.222. The van der Waals surface area contributed by atoms with Crippen LogP contribution in [0.3, 0.4) is 0 Å². The summed E-state index contributed by atoms with van der Waals surface area (Å²) in [5.74, 6) is -0.655. The zero-order valence-electron chi connectivity index (χ0n) is 14.3. The van der Waals surface area contributed by atoms with E-state index in [0.717, 1.165) is 9.88 Å². The molecule has 2 heterocycles. The first-order chi connectivity index (χ1) is 13.0. The number of carbonyl (C=O) groups is 1. The summed E-state index contributed by atoms with van der Waals surface area (Å²) in [6.45, 7) is 0.508. The molecule has 27 heavy (non-hydrogen) atoms. The van der Waals surface area contributed by atoms with Gasteiger partial charge in [-0.15, -0.1) is 22.7 Å². The summed E-state index contributed by atoms with van der Waals surface area (Å²) < 4.78 is 29.9. The number of carbonyl (C=O) groups excluding carboxylic acids is 1. The normalized spacial score (nSPS) is 11.3. The Labute approximate surface area is 165 Å². The molecule has 1 N–H and O–H groups in total. The smallest absolute Gasteiger partial charge is 0.235 e. The second-order valence-electron chi connectivity index (χ2n) is 5.67. The Morgan fingerprint density at radius 3 is 2.67 bits per heavy atom. The minimum atomic E-state index is -3.58. The fourth-order valence-electron chi connectivity index (χ4n) is 2.29. The first-order valence-corrected chi connectivity index (χ1v) is 11.7. The van der Waals surface area contributed by atoms with Crippen LogP contribution in [0.15, 0.2) is 53.2 Å². The van der Waals surface area contributed by atoms with E-state index in [4.69, 9.17) is 4.74 Å². The lowest BCUT2D eigenvalue weighted by atomic mass is 10.3. The molecule has 0 bridgehead atoms. The average molecular weight is 423 g/mol. The zero-order valence-corrected chi connectivity index (χ0v) is 16.8. The number of aromatic nitrogens is 1. The van der Waals surface area contributed by atoms with Crippen molar-refractivity contribution in [1.29, 1.82) is 0 Å². The van der Waals surface area contributed by atoms with Crippen LogP contribution in [0.2, 0.25) is 0 Å². The van der Waals surface area contributed by atoms with Gasteiger partial charge in [0.2, 0.25) is 5.91 Å². The maximum Gasteiger partial charge on any atom is 0.235 e. The van der Waals surface area contributed by atoms with Gasteiger partial charge in [-0.1, -0.05) is 24.3 Å². The molecule has 0 aliphatic rings. The van der Waals surface area contributed by atoms with Crippen LogP contribution in [0, 0.1) is 0 Å². The van der Waals surface area contributed by atoms with Gasteiger partial charge in [-0.05, 0) is 23.6 Å². The summed E-state index contributed by atoms with van der Waals surface area (Å²) in [6.07, 6.45) is 0. The molecule has 9 heteroatoms. The maximum absolute atomic E-state index is 12.2. The van der Waals surface area contributed by atoms with Gasteiger partial charge in [0, 0.05) is 5.38 Å². The summed E-state index contributed by atoms with van der Waals surface area (Å²) in [4.78, 5) is 17.2. The number of ether oxygens (including phenoxy) is 1. The number of sulfone groups is 1. The van der Waals surface area contributed by atoms with E-state index in [-0.39, 0.29) is 18.9 Å². The van der Waals surface area contributed by atoms with Crippen molar-refractivity contribution in [1.82, 2.24) is 10.3 Å². The second kappa shape index (κ2) is 9.12. The van der Waals surface area contributed by atoms with E-state index in [2.05, 4.69) is 10.3 Å². The number of hydrogen-bond donors (Lipinski definition) is 1. The van der Waals surface area contributed by atoms with Gasteiger partial charge in [-0.25, -0.2) is 13.4 Å². The molecule has 0 atom stereocenters. The summed E-state index contributed by atoms with van der Waals surface area (Å²) in [7, 11) is -3.58. The Balaban J connectivity index is 1.44. The molecule has 0 unspecified atom stereocenters. The number of nitrogens with zero attached hydrogens (tertiary/aromatic N) is 1. The predicted molar refractivity (Wildman–Crippen MR) is 108 cm³/mol. The number of amides is 1. The molecule has 0 saturated carbocycles. The number of nitrogens with one attached hydrogen (secondary N) is 1. The lowest BCUT2D eigenvalue weighted by molar-refractivity contribution is -0.118. The quantitative estimate of drug-likeness (QED) is 0.536. The highest BCUT2D eigenvalue weighted by molar-refractivity contribution is 7.91. The van der Waals surface area contributed by atoms with Gasteiger partial charge in [-0.2, -0.15) is 0 Å². The van der Waals surface area contributed by atoms with Gasteiger partial charge < -0.3 is 10.1 Å². The molecule has 0 aliphatic carbocycles. The van der Waals surface area contributed by atoms with E-state index in [9.17, 15) is 13.2 Å². The van der Waals surface area contributed by atoms with Gasteiger partial charge in [0.15, 0.2) is 9.84 Å². The molecular formula is C18H18N2O4S3. The third-order valence-corrected chi connectivity index (χ3v) is 6.81. The highest BCUT2D eigenvalue weighted by Crippen LogP contribution is 2.28. The molecular weight excluding hydrogens is 404 g/mol. The molecule has 3 aromatic rings. The molecule has 6 nitrogen and oxygen atoms in total. The molecule has 1 aromatic carbocycles. The Morgan fingerprint density at radius 1 is 1.11 bits per heavy atom. The van der Waals surface area contributed by atoms with Crippen LogP contribution in [0.4, 0.5) is 0 Å². The minimum Gasteiger partial charge on any atom is -0.492 e. The van der Waals surface area contributed by atoms with Gasteiger partial charge in [0.1, 0.15) is 23.1 Å².